The van der Waals surface area contributed by atoms with E-state index in [1.54, 1.807) is 0 Å². The van der Waals surface area contributed by atoms with E-state index in [-0.39, 0.29) is 0 Å². The van der Waals surface area contributed by atoms with Crippen LogP contribution in [-0.4, -0.2) is 32.8 Å². The van der Waals surface area contributed by atoms with Gasteiger partial charge in [-0.2, -0.15) is 0 Å². The van der Waals surface area contributed by atoms with Gasteiger partial charge in [0.15, 0.2) is 0 Å². The Balaban J connectivity index is 2.80. The van der Waals surface area contributed by atoms with E-state index in [0.717, 1.165) is 19.7 Å². The van der Waals surface area contributed by atoms with E-state index in [9.17, 15) is 0 Å². The lowest BCUT2D eigenvalue weighted by Gasteiger charge is -2.06. The van der Waals surface area contributed by atoms with Crippen LogP contribution in [0.3, 0.4) is 0 Å². The normalized spacial score (nSPS) is 10.9. The fourth-order valence-electron chi connectivity index (χ4n) is 0.720. The maximum Gasteiger partial charge on any atom is 0.0591 e. The van der Waals surface area contributed by atoms with E-state index in [1.165, 1.54) is 0 Å². The first-order valence-electron chi connectivity index (χ1n) is 4.26. The predicted octanol–water partition coefficient (Wildman–Crippen LogP) is 0.207. The molecule has 3 nitrogen and oxygen atoms in total. The van der Waals surface area contributed by atoms with Crippen LogP contribution >= 0.6 is 0 Å². The minimum absolute atomic E-state index is 0.615. The third kappa shape index (κ3) is 9.88. The molecule has 0 rings (SSSR count). The van der Waals surface area contributed by atoms with Crippen LogP contribution in [0.2, 0.25) is 0 Å². The van der Waals surface area contributed by atoms with Crippen LogP contribution in [0, 0.1) is 5.92 Å². The molecule has 0 atom stereocenters. The van der Waals surface area contributed by atoms with E-state index in [4.69, 9.17) is 10.5 Å². The van der Waals surface area contributed by atoms with Crippen LogP contribution in [0.4, 0.5) is 0 Å². The molecular formula is C8H20N2O. The largest absolute Gasteiger partial charge is 0.379 e. The van der Waals surface area contributed by atoms with Crippen molar-refractivity contribution in [3.05, 3.63) is 0 Å². The van der Waals surface area contributed by atoms with Crippen molar-refractivity contribution >= 4 is 0 Å². The number of ether oxygens (including phenoxy) is 1. The van der Waals surface area contributed by atoms with Crippen LogP contribution < -0.4 is 11.1 Å². The average molecular weight is 160 g/mol. The molecule has 0 unspecified atom stereocenters. The van der Waals surface area contributed by atoms with Gasteiger partial charge < -0.3 is 15.8 Å². The van der Waals surface area contributed by atoms with Gasteiger partial charge in [0, 0.05) is 13.1 Å². The minimum Gasteiger partial charge on any atom is -0.379 e. The van der Waals surface area contributed by atoms with Crippen molar-refractivity contribution in [1.29, 1.82) is 0 Å². The summed E-state index contributed by atoms with van der Waals surface area (Å²) < 4.78 is 5.18. The van der Waals surface area contributed by atoms with Gasteiger partial charge in [-0.05, 0) is 12.5 Å². The van der Waals surface area contributed by atoms with Gasteiger partial charge in [0.1, 0.15) is 0 Å². The maximum atomic E-state index is 5.25. The summed E-state index contributed by atoms with van der Waals surface area (Å²) in [4.78, 5) is 0. The molecule has 0 radical (unpaired) electrons. The van der Waals surface area contributed by atoms with E-state index in [1.807, 2.05) is 0 Å². The van der Waals surface area contributed by atoms with Crippen LogP contribution in [0.15, 0.2) is 0 Å². The zero-order valence-corrected chi connectivity index (χ0v) is 7.60. The summed E-state index contributed by atoms with van der Waals surface area (Å²) in [5.41, 5.74) is 5.25. The molecule has 0 aromatic heterocycles. The fraction of sp³-hybridized carbons (Fsp3) is 1.00. The van der Waals surface area contributed by atoms with Crippen LogP contribution in [-0.2, 0) is 4.74 Å². The van der Waals surface area contributed by atoms with Gasteiger partial charge in [0.05, 0.1) is 13.2 Å². The second-order valence-corrected chi connectivity index (χ2v) is 3.00. The molecule has 0 fully saturated rings. The number of hydrogen-bond donors (Lipinski definition) is 2. The Labute approximate surface area is 69.3 Å². The van der Waals surface area contributed by atoms with Gasteiger partial charge in [0.25, 0.3) is 0 Å². The molecule has 0 aliphatic carbocycles. The molecule has 0 spiro atoms. The van der Waals surface area contributed by atoms with Gasteiger partial charge in [-0.1, -0.05) is 13.8 Å². The Morgan fingerprint density at radius 2 is 2.09 bits per heavy atom. The van der Waals surface area contributed by atoms with Crippen molar-refractivity contribution in [2.24, 2.45) is 11.7 Å². The zero-order valence-electron chi connectivity index (χ0n) is 7.60. The number of rotatable bonds is 7. The van der Waals surface area contributed by atoms with E-state index >= 15 is 0 Å². The van der Waals surface area contributed by atoms with E-state index in [2.05, 4.69) is 19.2 Å². The summed E-state index contributed by atoms with van der Waals surface area (Å²) in [7, 11) is 0. The molecule has 0 aliphatic heterocycles. The monoisotopic (exact) mass is 160 g/mol. The minimum atomic E-state index is 0.615. The number of hydrogen-bond acceptors (Lipinski definition) is 3. The van der Waals surface area contributed by atoms with Crippen molar-refractivity contribution in [2.45, 2.75) is 13.8 Å². The molecule has 0 bridgehead atoms. The highest BCUT2D eigenvalue weighted by Gasteiger charge is 1.91. The lowest BCUT2D eigenvalue weighted by molar-refractivity contribution is 0.142. The molecule has 0 aliphatic rings. The van der Waals surface area contributed by atoms with Gasteiger partial charge in [-0.25, -0.2) is 0 Å². The molecule has 0 heterocycles. The lowest BCUT2D eigenvalue weighted by atomic mass is 10.2. The maximum absolute atomic E-state index is 5.25. The third-order valence-corrected chi connectivity index (χ3v) is 1.24. The van der Waals surface area contributed by atoms with Gasteiger partial charge in [0.2, 0.25) is 0 Å². The van der Waals surface area contributed by atoms with Crippen LogP contribution in [0.5, 0.6) is 0 Å². The molecule has 3 N–H and O–H groups in total. The first kappa shape index (κ1) is 10.9. The SMILES string of the molecule is CC(C)CNCCOCCN. The molecule has 11 heavy (non-hydrogen) atoms. The zero-order chi connectivity index (χ0) is 8.53. The Morgan fingerprint density at radius 1 is 1.36 bits per heavy atom. The predicted molar refractivity (Wildman–Crippen MR) is 47.6 cm³/mol. The summed E-state index contributed by atoms with van der Waals surface area (Å²) in [5.74, 6) is 0.713. The highest BCUT2D eigenvalue weighted by atomic mass is 16.5. The van der Waals surface area contributed by atoms with Gasteiger partial charge >= 0.3 is 0 Å². The molecule has 0 saturated carbocycles. The number of nitrogens with two attached hydrogens (primary N) is 1. The third-order valence-electron chi connectivity index (χ3n) is 1.24. The molecule has 0 aromatic carbocycles. The van der Waals surface area contributed by atoms with Crippen molar-refractivity contribution < 1.29 is 4.74 Å². The topological polar surface area (TPSA) is 47.3 Å². The second kappa shape index (κ2) is 7.98. The molecule has 68 valence electrons. The van der Waals surface area contributed by atoms with E-state index in [0.29, 0.717) is 19.1 Å². The Bertz CT molecular complexity index is 76.5. The molecule has 0 aromatic rings. The van der Waals surface area contributed by atoms with E-state index < -0.39 is 0 Å². The standard InChI is InChI=1S/C8H20N2O/c1-8(2)7-10-4-6-11-5-3-9/h8,10H,3-7,9H2,1-2H3. The summed E-state index contributed by atoms with van der Waals surface area (Å²) in [5, 5.41) is 3.28. The molecular weight excluding hydrogens is 140 g/mol. The summed E-state index contributed by atoms with van der Waals surface area (Å²) in [6, 6.07) is 0. The fourth-order valence-corrected chi connectivity index (χ4v) is 0.720. The highest BCUT2D eigenvalue weighted by Crippen LogP contribution is 1.85. The second-order valence-electron chi connectivity index (χ2n) is 3.00. The molecule has 0 amide bonds. The highest BCUT2D eigenvalue weighted by molar-refractivity contribution is 4.49. The van der Waals surface area contributed by atoms with Gasteiger partial charge in [-0.15, -0.1) is 0 Å². The molecule has 3 heteroatoms. The van der Waals surface area contributed by atoms with Gasteiger partial charge in [-0.3, -0.25) is 0 Å². The summed E-state index contributed by atoms with van der Waals surface area (Å²) in [6.45, 7) is 8.42. The van der Waals surface area contributed by atoms with Crippen molar-refractivity contribution in [3.63, 3.8) is 0 Å². The Hall–Kier alpha value is -0.120. The first-order valence-corrected chi connectivity index (χ1v) is 4.26. The molecule has 0 saturated heterocycles. The quantitative estimate of drug-likeness (QED) is 0.523. The van der Waals surface area contributed by atoms with Crippen molar-refractivity contribution in [2.75, 3.05) is 32.8 Å². The van der Waals surface area contributed by atoms with Crippen molar-refractivity contribution in [3.8, 4) is 0 Å². The van der Waals surface area contributed by atoms with Crippen LogP contribution in [0.1, 0.15) is 13.8 Å². The van der Waals surface area contributed by atoms with Crippen LogP contribution in [0.25, 0.3) is 0 Å². The lowest BCUT2D eigenvalue weighted by Crippen LogP contribution is -2.24. The first-order chi connectivity index (χ1) is 5.27. The summed E-state index contributed by atoms with van der Waals surface area (Å²) in [6.07, 6.45) is 0. The van der Waals surface area contributed by atoms with Crippen molar-refractivity contribution in [1.82, 2.24) is 5.32 Å². The number of nitrogens with one attached hydrogen (secondary N) is 1. The summed E-state index contributed by atoms with van der Waals surface area (Å²) >= 11 is 0. The average Bonchev–Trinajstić information content (AvgIpc) is 1.96. The Morgan fingerprint density at radius 3 is 2.64 bits per heavy atom. The smallest absolute Gasteiger partial charge is 0.0591 e. The Kier molecular flexibility index (Phi) is 7.89.